The van der Waals surface area contributed by atoms with Crippen molar-refractivity contribution in [3.05, 3.63) is 33.2 Å². The maximum Gasteiger partial charge on any atom is 0.343 e. The van der Waals surface area contributed by atoms with Crippen molar-refractivity contribution < 1.29 is 0 Å². The fourth-order valence-electron chi connectivity index (χ4n) is 1.35. The molecule has 0 aliphatic carbocycles. The second-order valence-electron chi connectivity index (χ2n) is 3.34. The molecule has 0 bridgehead atoms. The lowest BCUT2D eigenvalue weighted by Crippen LogP contribution is -2.16. The Morgan fingerprint density at radius 2 is 2.35 bits per heavy atom. The Hall–Kier alpha value is -1.21. The Balaban J connectivity index is 2.37. The number of aromatic nitrogens is 3. The molecule has 0 unspecified atom stereocenters. The van der Waals surface area contributed by atoms with Crippen molar-refractivity contribution >= 4 is 33.4 Å². The first-order valence-corrected chi connectivity index (χ1v) is 6.61. The van der Waals surface area contributed by atoms with Crippen LogP contribution >= 0.6 is 27.7 Å². The highest BCUT2D eigenvalue weighted by Crippen LogP contribution is 2.32. The van der Waals surface area contributed by atoms with E-state index in [1.165, 1.54) is 11.8 Å². The van der Waals surface area contributed by atoms with Crippen LogP contribution in [0, 0.1) is 0 Å². The van der Waals surface area contributed by atoms with E-state index in [2.05, 4.69) is 26.1 Å². The Morgan fingerprint density at radius 1 is 1.59 bits per heavy atom. The summed E-state index contributed by atoms with van der Waals surface area (Å²) in [6.07, 6.45) is 0. The zero-order chi connectivity index (χ0) is 12.4. The topological polar surface area (TPSA) is 76.7 Å². The molecule has 0 aliphatic rings. The molecule has 3 N–H and O–H groups in total. The number of H-pyrrole nitrogens is 1. The van der Waals surface area contributed by atoms with Crippen LogP contribution in [0.4, 0.5) is 5.69 Å². The quantitative estimate of drug-likeness (QED) is 0.850. The Bertz CT molecular complexity index is 592. The van der Waals surface area contributed by atoms with Gasteiger partial charge in [-0.25, -0.2) is 9.89 Å². The number of nitrogens with two attached hydrogens (primary N) is 1. The number of halogens is 1. The Labute approximate surface area is 111 Å². The molecule has 90 valence electrons. The number of nitrogens with one attached hydrogen (secondary N) is 1. The molecule has 0 saturated heterocycles. The van der Waals surface area contributed by atoms with E-state index in [-0.39, 0.29) is 5.69 Å². The molecular formula is C10H11BrN4OS. The van der Waals surface area contributed by atoms with Crippen molar-refractivity contribution in [2.45, 2.75) is 23.5 Å². The van der Waals surface area contributed by atoms with Crippen LogP contribution in [0.5, 0.6) is 0 Å². The first-order valence-electron chi connectivity index (χ1n) is 5.00. The van der Waals surface area contributed by atoms with E-state index in [1.54, 1.807) is 4.57 Å². The molecule has 17 heavy (non-hydrogen) atoms. The van der Waals surface area contributed by atoms with Crippen LogP contribution < -0.4 is 11.4 Å². The molecule has 1 heterocycles. The van der Waals surface area contributed by atoms with Crippen molar-refractivity contribution in [1.82, 2.24) is 14.8 Å². The maximum absolute atomic E-state index is 11.4. The number of benzene rings is 1. The first kappa shape index (κ1) is 12.3. The van der Waals surface area contributed by atoms with Crippen LogP contribution in [0.15, 0.2) is 37.5 Å². The summed E-state index contributed by atoms with van der Waals surface area (Å²) >= 11 is 4.75. The lowest BCUT2D eigenvalue weighted by atomic mass is 10.3. The molecule has 5 nitrogen and oxygen atoms in total. The molecule has 0 radical (unpaired) electrons. The van der Waals surface area contributed by atoms with Gasteiger partial charge in [0.25, 0.3) is 0 Å². The zero-order valence-corrected chi connectivity index (χ0v) is 11.5. The number of hydrogen-bond acceptors (Lipinski definition) is 4. The molecule has 7 heteroatoms. The first-order chi connectivity index (χ1) is 8.11. The predicted octanol–water partition coefficient (Wildman–Crippen LogP) is 2.09. The fraction of sp³-hybridized carbons (Fsp3) is 0.200. The zero-order valence-electron chi connectivity index (χ0n) is 9.11. The summed E-state index contributed by atoms with van der Waals surface area (Å²) in [4.78, 5) is 12.3. The third kappa shape index (κ3) is 2.55. The van der Waals surface area contributed by atoms with Crippen molar-refractivity contribution in [1.29, 1.82) is 0 Å². The third-order valence-corrected chi connectivity index (χ3v) is 3.78. The summed E-state index contributed by atoms with van der Waals surface area (Å²) in [6.45, 7) is 2.47. The van der Waals surface area contributed by atoms with Gasteiger partial charge in [-0.1, -0.05) is 15.9 Å². The average molecular weight is 315 g/mol. The summed E-state index contributed by atoms with van der Waals surface area (Å²) < 4.78 is 2.50. The molecule has 1 aromatic heterocycles. The molecule has 0 fully saturated rings. The smallest absolute Gasteiger partial charge is 0.343 e. The number of nitrogen functional groups attached to an aromatic ring is 1. The SMILES string of the molecule is CCn1c(Sc2cc(Br)ccc2N)n[nH]c1=O. The van der Waals surface area contributed by atoms with Gasteiger partial charge in [0.05, 0.1) is 0 Å². The molecule has 1 aromatic carbocycles. The summed E-state index contributed by atoms with van der Waals surface area (Å²) in [7, 11) is 0. The molecule has 0 amide bonds. The molecule has 0 aliphatic heterocycles. The molecule has 0 saturated carbocycles. The number of nitrogens with zero attached hydrogens (tertiary/aromatic N) is 2. The van der Waals surface area contributed by atoms with Crippen LogP contribution in [0.25, 0.3) is 0 Å². The van der Waals surface area contributed by atoms with Gasteiger partial charge in [-0.2, -0.15) is 0 Å². The highest BCUT2D eigenvalue weighted by atomic mass is 79.9. The van der Waals surface area contributed by atoms with Gasteiger partial charge in [0, 0.05) is 21.6 Å². The second-order valence-corrected chi connectivity index (χ2v) is 5.26. The van der Waals surface area contributed by atoms with Gasteiger partial charge in [-0.3, -0.25) is 4.57 Å². The minimum absolute atomic E-state index is 0.205. The third-order valence-electron chi connectivity index (χ3n) is 2.22. The number of rotatable bonds is 3. The molecule has 2 aromatic rings. The number of aromatic amines is 1. The lowest BCUT2D eigenvalue weighted by molar-refractivity contribution is 0.660. The highest BCUT2D eigenvalue weighted by Gasteiger charge is 2.10. The van der Waals surface area contributed by atoms with E-state index in [1.807, 2.05) is 25.1 Å². The fourth-order valence-corrected chi connectivity index (χ4v) is 2.85. The average Bonchev–Trinajstić information content (AvgIpc) is 2.64. The van der Waals surface area contributed by atoms with Crippen LogP contribution in [-0.2, 0) is 6.54 Å². The molecule has 0 atom stereocenters. The summed E-state index contributed by atoms with van der Waals surface area (Å²) in [5.74, 6) is 0. The van der Waals surface area contributed by atoms with Gasteiger partial charge < -0.3 is 5.73 Å². The van der Waals surface area contributed by atoms with Gasteiger partial charge in [0.1, 0.15) is 0 Å². The normalized spacial score (nSPS) is 10.7. The second kappa shape index (κ2) is 4.97. The van der Waals surface area contributed by atoms with Gasteiger partial charge in [0.15, 0.2) is 5.16 Å². The molecular weight excluding hydrogens is 304 g/mol. The van der Waals surface area contributed by atoms with E-state index < -0.39 is 0 Å². The standard InChI is InChI=1S/C10H11BrN4OS/c1-2-15-9(16)13-14-10(15)17-8-5-6(11)3-4-7(8)12/h3-5H,2,12H2,1H3,(H,13,16). The van der Waals surface area contributed by atoms with Crippen LogP contribution in [0.2, 0.25) is 0 Å². The Morgan fingerprint density at radius 3 is 3.06 bits per heavy atom. The maximum atomic E-state index is 11.4. The number of anilines is 1. The van der Waals surface area contributed by atoms with Crippen molar-refractivity contribution in [2.75, 3.05) is 5.73 Å². The van der Waals surface area contributed by atoms with Crippen molar-refractivity contribution in [2.24, 2.45) is 0 Å². The minimum Gasteiger partial charge on any atom is -0.398 e. The summed E-state index contributed by atoms with van der Waals surface area (Å²) in [5.41, 5.74) is 6.33. The van der Waals surface area contributed by atoms with E-state index in [0.717, 1.165) is 9.37 Å². The monoisotopic (exact) mass is 314 g/mol. The summed E-state index contributed by atoms with van der Waals surface area (Å²) in [5, 5.41) is 7.01. The van der Waals surface area contributed by atoms with Gasteiger partial charge in [-0.05, 0) is 36.9 Å². The number of hydrogen-bond donors (Lipinski definition) is 2. The highest BCUT2D eigenvalue weighted by molar-refractivity contribution is 9.10. The summed E-state index contributed by atoms with van der Waals surface area (Å²) in [6, 6.07) is 5.59. The van der Waals surface area contributed by atoms with Crippen molar-refractivity contribution in [3.8, 4) is 0 Å². The molecule has 2 rings (SSSR count). The van der Waals surface area contributed by atoms with E-state index in [9.17, 15) is 4.79 Å². The van der Waals surface area contributed by atoms with Gasteiger partial charge in [-0.15, -0.1) is 5.10 Å². The van der Waals surface area contributed by atoms with E-state index in [0.29, 0.717) is 17.4 Å². The van der Waals surface area contributed by atoms with E-state index >= 15 is 0 Å². The molecule has 0 spiro atoms. The van der Waals surface area contributed by atoms with Crippen LogP contribution in [0.1, 0.15) is 6.92 Å². The van der Waals surface area contributed by atoms with E-state index in [4.69, 9.17) is 5.73 Å². The predicted molar refractivity (Wildman–Crippen MR) is 71.2 cm³/mol. The van der Waals surface area contributed by atoms with Crippen molar-refractivity contribution in [3.63, 3.8) is 0 Å². The Kier molecular flexibility index (Phi) is 3.58. The van der Waals surface area contributed by atoms with Crippen LogP contribution in [0.3, 0.4) is 0 Å². The van der Waals surface area contributed by atoms with Gasteiger partial charge in [0.2, 0.25) is 0 Å². The largest absolute Gasteiger partial charge is 0.398 e. The minimum atomic E-state index is -0.205. The van der Waals surface area contributed by atoms with Crippen LogP contribution in [-0.4, -0.2) is 14.8 Å². The lowest BCUT2D eigenvalue weighted by Gasteiger charge is -2.05. The van der Waals surface area contributed by atoms with Gasteiger partial charge >= 0.3 is 5.69 Å².